The van der Waals surface area contributed by atoms with Crippen molar-refractivity contribution in [2.45, 2.75) is 0 Å². The SMILES string of the molecule is COc1ccccc1C(=O)SC(=O)c1ccccc1OC. The number of carbonyl (C=O) groups excluding carboxylic acids is 2. The van der Waals surface area contributed by atoms with E-state index < -0.39 is 0 Å². The number of hydrogen-bond acceptors (Lipinski definition) is 5. The average Bonchev–Trinajstić information content (AvgIpc) is 2.54. The standard InChI is InChI=1S/C16H14O4S/c1-19-13-9-5-3-7-11(13)15(17)21-16(18)12-8-4-6-10-14(12)20-2/h3-10H,1-2H3. The molecular weight excluding hydrogens is 288 g/mol. The molecule has 5 heteroatoms. The van der Waals surface area contributed by atoms with Gasteiger partial charge >= 0.3 is 0 Å². The average molecular weight is 302 g/mol. The van der Waals surface area contributed by atoms with Crippen molar-refractivity contribution in [3.8, 4) is 11.5 Å². The van der Waals surface area contributed by atoms with Crippen LogP contribution in [0.15, 0.2) is 48.5 Å². The molecule has 0 N–H and O–H groups in total. The van der Waals surface area contributed by atoms with Crippen LogP contribution in [0.4, 0.5) is 0 Å². The van der Waals surface area contributed by atoms with Crippen LogP contribution in [0.3, 0.4) is 0 Å². The van der Waals surface area contributed by atoms with Gasteiger partial charge in [0.25, 0.3) is 0 Å². The Labute approximate surface area is 127 Å². The third-order valence-electron chi connectivity index (χ3n) is 2.84. The Hall–Kier alpha value is -2.27. The maximum atomic E-state index is 12.2. The Balaban J connectivity index is 2.21. The molecule has 0 heterocycles. The van der Waals surface area contributed by atoms with Crippen LogP contribution >= 0.6 is 11.8 Å². The number of ether oxygens (including phenoxy) is 2. The van der Waals surface area contributed by atoms with Crippen molar-refractivity contribution in [1.82, 2.24) is 0 Å². The van der Waals surface area contributed by atoms with E-state index in [0.29, 0.717) is 34.4 Å². The van der Waals surface area contributed by atoms with Gasteiger partial charge in [-0.3, -0.25) is 9.59 Å². The van der Waals surface area contributed by atoms with E-state index in [2.05, 4.69) is 0 Å². The number of thioether (sulfide) groups is 1. The van der Waals surface area contributed by atoms with E-state index in [4.69, 9.17) is 9.47 Å². The lowest BCUT2D eigenvalue weighted by Gasteiger charge is -2.08. The molecule has 0 amide bonds. The summed E-state index contributed by atoms with van der Waals surface area (Å²) in [7, 11) is 2.97. The van der Waals surface area contributed by atoms with Gasteiger partial charge in [0.05, 0.1) is 25.3 Å². The molecule has 0 aliphatic carbocycles. The van der Waals surface area contributed by atoms with Gasteiger partial charge in [-0.2, -0.15) is 0 Å². The first-order valence-electron chi connectivity index (χ1n) is 6.20. The summed E-state index contributed by atoms with van der Waals surface area (Å²) >= 11 is 0.627. The summed E-state index contributed by atoms with van der Waals surface area (Å²) < 4.78 is 10.3. The van der Waals surface area contributed by atoms with Crippen molar-refractivity contribution in [2.75, 3.05) is 14.2 Å². The maximum Gasteiger partial charge on any atom is 0.230 e. The van der Waals surface area contributed by atoms with Crippen LogP contribution in [0.2, 0.25) is 0 Å². The van der Waals surface area contributed by atoms with E-state index >= 15 is 0 Å². The third kappa shape index (κ3) is 3.44. The molecule has 21 heavy (non-hydrogen) atoms. The van der Waals surface area contributed by atoms with Crippen molar-refractivity contribution < 1.29 is 19.1 Å². The predicted molar refractivity (Wildman–Crippen MR) is 82.2 cm³/mol. The number of rotatable bonds is 4. The van der Waals surface area contributed by atoms with E-state index in [1.165, 1.54) is 14.2 Å². The monoisotopic (exact) mass is 302 g/mol. The van der Waals surface area contributed by atoms with Gasteiger partial charge in [-0.1, -0.05) is 24.3 Å². The highest BCUT2D eigenvalue weighted by molar-refractivity contribution is 8.27. The van der Waals surface area contributed by atoms with Gasteiger partial charge in [0, 0.05) is 0 Å². The molecule has 4 nitrogen and oxygen atoms in total. The highest BCUT2D eigenvalue weighted by atomic mass is 32.2. The summed E-state index contributed by atoms with van der Waals surface area (Å²) in [4.78, 5) is 24.5. The van der Waals surface area contributed by atoms with Crippen LogP contribution in [0, 0.1) is 0 Å². The summed E-state index contributed by atoms with van der Waals surface area (Å²) in [6, 6.07) is 13.6. The molecule has 2 aromatic carbocycles. The number of carbonyl (C=O) groups is 2. The number of para-hydroxylation sites is 2. The molecule has 0 saturated carbocycles. The fourth-order valence-electron chi connectivity index (χ4n) is 1.82. The first-order valence-corrected chi connectivity index (χ1v) is 7.01. The molecule has 0 spiro atoms. The van der Waals surface area contributed by atoms with Crippen LogP contribution in [0.1, 0.15) is 20.7 Å². The Morgan fingerprint density at radius 3 is 1.52 bits per heavy atom. The topological polar surface area (TPSA) is 52.6 Å². The number of hydrogen-bond donors (Lipinski definition) is 0. The highest BCUT2D eigenvalue weighted by Crippen LogP contribution is 2.28. The molecule has 0 aliphatic rings. The maximum absolute atomic E-state index is 12.2. The van der Waals surface area contributed by atoms with Crippen LogP contribution in [0.25, 0.3) is 0 Å². The quantitative estimate of drug-likeness (QED) is 0.866. The van der Waals surface area contributed by atoms with E-state index in [1.54, 1.807) is 48.5 Å². The summed E-state index contributed by atoms with van der Waals surface area (Å²) in [5, 5.41) is -0.716. The third-order valence-corrected chi connectivity index (χ3v) is 3.65. The van der Waals surface area contributed by atoms with Gasteiger partial charge in [0.2, 0.25) is 10.2 Å². The lowest BCUT2D eigenvalue weighted by molar-refractivity contribution is 0.106. The van der Waals surface area contributed by atoms with Gasteiger partial charge in [-0.25, -0.2) is 0 Å². The Kier molecular flexibility index (Phi) is 5.00. The Bertz CT molecular complexity index is 609. The van der Waals surface area contributed by atoms with Gasteiger partial charge in [0.1, 0.15) is 11.5 Å². The fraction of sp³-hybridized carbons (Fsp3) is 0.125. The molecule has 0 radical (unpaired) electrons. The van der Waals surface area contributed by atoms with Gasteiger partial charge in [0.15, 0.2) is 0 Å². The zero-order valence-corrected chi connectivity index (χ0v) is 12.5. The number of benzene rings is 2. The minimum atomic E-state index is -0.358. The highest BCUT2D eigenvalue weighted by Gasteiger charge is 2.20. The molecule has 0 atom stereocenters. The van der Waals surface area contributed by atoms with Gasteiger partial charge < -0.3 is 9.47 Å². The summed E-state index contributed by atoms with van der Waals surface area (Å²) in [5.74, 6) is 0.894. The first kappa shape index (κ1) is 15.1. The molecule has 0 unspecified atom stereocenters. The van der Waals surface area contributed by atoms with Gasteiger partial charge in [-0.05, 0) is 36.0 Å². The molecule has 0 saturated heterocycles. The lowest BCUT2D eigenvalue weighted by Crippen LogP contribution is -2.04. The van der Waals surface area contributed by atoms with E-state index in [-0.39, 0.29) is 10.2 Å². The zero-order valence-electron chi connectivity index (χ0n) is 11.7. The second kappa shape index (κ2) is 6.95. The lowest BCUT2D eigenvalue weighted by atomic mass is 10.2. The largest absolute Gasteiger partial charge is 0.496 e. The van der Waals surface area contributed by atoms with E-state index in [1.807, 2.05) is 0 Å². The molecule has 0 aromatic heterocycles. The van der Waals surface area contributed by atoms with Crippen molar-refractivity contribution in [3.63, 3.8) is 0 Å². The molecule has 0 bridgehead atoms. The van der Waals surface area contributed by atoms with Crippen LogP contribution in [-0.4, -0.2) is 24.5 Å². The van der Waals surface area contributed by atoms with Crippen molar-refractivity contribution >= 4 is 22.0 Å². The molecule has 2 aromatic rings. The summed E-state index contributed by atoms with van der Waals surface area (Å²) in [6.45, 7) is 0. The molecule has 2 rings (SSSR count). The summed E-state index contributed by atoms with van der Waals surface area (Å²) in [6.07, 6.45) is 0. The summed E-state index contributed by atoms with van der Waals surface area (Å²) in [5.41, 5.74) is 0.737. The molecule has 108 valence electrons. The first-order chi connectivity index (χ1) is 10.2. The van der Waals surface area contributed by atoms with Crippen LogP contribution < -0.4 is 9.47 Å². The second-order valence-electron chi connectivity index (χ2n) is 4.08. The molecule has 0 fully saturated rings. The minimum absolute atomic E-state index is 0.358. The Morgan fingerprint density at radius 1 is 0.762 bits per heavy atom. The van der Waals surface area contributed by atoms with Crippen LogP contribution in [-0.2, 0) is 0 Å². The van der Waals surface area contributed by atoms with Crippen LogP contribution in [0.5, 0.6) is 11.5 Å². The normalized spacial score (nSPS) is 10.0. The number of methoxy groups -OCH3 is 2. The molecular formula is C16H14O4S. The van der Waals surface area contributed by atoms with Crippen molar-refractivity contribution in [1.29, 1.82) is 0 Å². The van der Waals surface area contributed by atoms with Gasteiger partial charge in [-0.15, -0.1) is 0 Å². The van der Waals surface area contributed by atoms with Crippen molar-refractivity contribution in [2.24, 2.45) is 0 Å². The molecule has 0 aliphatic heterocycles. The minimum Gasteiger partial charge on any atom is -0.496 e. The van der Waals surface area contributed by atoms with E-state index in [9.17, 15) is 9.59 Å². The zero-order chi connectivity index (χ0) is 15.2. The fourth-order valence-corrected chi connectivity index (χ4v) is 2.55. The second-order valence-corrected chi connectivity index (χ2v) is 5.02. The smallest absolute Gasteiger partial charge is 0.230 e. The predicted octanol–water partition coefficient (Wildman–Crippen LogP) is 3.42. The van der Waals surface area contributed by atoms with E-state index in [0.717, 1.165) is 0 Å². The Morgan fingerprint density at radius 2 is 1.14 bits per heavy atom. The van der Waals surface area contributed by atoms with Crippen molar-refractivity contribution in [3.05, 3.63) is 59.7 Å².